The molecule has 8 heteroatoms. The molecule has 0 spiro atoms. The average molecular weight is 478 g/mol. The van der Waals surface area contributed by atoms with Crippen molar-refractivity contribution < 1.29 is 14.2 Å². The molecule has 1 aliphatic heterocycles. The van der Waals surface area contributed by atoms with Crippen LogP contribution in [0.4, 0.5) is 0 Å². The Hall–Kier alpha value is -1.13. The predicted molar refractivity (Wildman–Crippen MR) is 113 cm³/mol. The van der Waals surface area contributed by atoms with E-state index in [1.807, 2.05) is 18.2 Å². The maximum atomic E-state index is 5.76. The van der Waals surface area contributed by atoms with E-state index in [4.69, 9.17) is 14.2 Å². The van der Waals surface area contributed by atoms with E-state index in [1.165, 1.54) is 0 Å². The standard InChI is InChI=1S/C18H30N4O3.HI/c1-19-18(21-13-16-5-3-6-17(22-16)23-2)20-9-4-10-25-14-15-7-11-24-12-8-15;/h3,5-6,15H,4,7-14H2,1-2H3,(H2,19,20,21);1H. The van der Waals surface area contributed by atoms with E-state index in [9.17, 15) is 0 Å². The number of hydrogen-bond acceptors (Lipinski definition) is 5. The van der Waals surface area contributed by atoms with Crippen molar-refractivity contribution in [3.05, 3.63) is 23.9 Å². The number of ether oxygens (including phenoxy) is 3. The van der Waals surface area contributed by atoms with Gasteiger partial charge < -0.3 is 24.8 Å². The quantitative estimate of drug-likeness (QED) is 0.245. The summed E-state index contributed by atoms with van der Waals surface area (Å²) in [5.41, 5.74) is 0.905. The van der Waals surface area contributed by atoms with Gasteiger partial charge in [-0.15, -0.1) is 24.0 Å². The maximum Gasteiger partial charge on any atom is 0.213 e. The van der Waals surface area contributed by atoms with E-state index in [0.717, 1.165) is 63.9 Å². The highest BCUT2D eigenvalue weighted by atomic mass is 127. The summed E-state index contributed by atoms with van der Waals surface area (Å²) in [5, 5.41) is 6.53. The van der Waals surface area contributed by atoms with E-state index in [1.54, 1.807) is 14.2 Å². The SMILES string of the molecule is CN=C(NCCCOCC1CCOCC1)NCc1cccc(OC)n1.I. The Bertz CT molecular complexity index is 525. The molecule has 1 saturated heterocycles. The summed E-state index contributed by atoms with van der Waals surface area (Å²) in [4.78, 5) is 8.58. The van der Waals surface area contributed by atoms with E-state index in [0.29, 0.717) is 18.3 Å². The Morgan fingerprint density at radius 3 is 2.85 bits per heavy atom. The summed E-state index contributed by atoms with van der Waals surface area (Å²) in [6.07, 6.45) is 3.18. The predicted octanol–water partition coefficient (Wildman–Crippen LogP) is 2.21. The molecule has 0 radical (unpaired) electrons. The number of guanidine groups is 1. The zero-order chi connectivity index (χ0) is 17.7. The molecule has 7 nitrogen and oxygen atoms in total. The molecule has 0 amide bonds. The lowest BCUT2D eigenvalue weighted by Gasteiger charge is -2.21. The minimum atomic E-state index is 0. The van der Waals surface area contributed by atoms with Crippen molar-refractivity contribution in [1.29, 1.82) is 0 Å². The van der Waals surface area contributed by atoms with Gasteiger partial charge in [0.25, 0.3) is 0 Å². The molecule has 26 heavy (non-hydrogen) atoms. The number of nitrogens with zero attached hydrogens (tertiary/aromatic N) is 2. The van der Waals surface area contributed by atoms with Gasteiger partial charge in [0, 0.05) is 46.1 Å². The number of halogens is 1. The molecule has 148 valence electrons. The van der Waals surface area contributed by atoms with Gasteiger partial charge in [0.05, 0.1) is 19.3 Å². The summed E-state index contributed by atoms with van der Waals surface area (Å²) in [6, 6.07) is 5.71. The highest BCUT2D eigenvalue weighted by Crippen LogP contribution is 2.14. The van der Waals surface area contributed by atoms with Crippen LogP contribution in [0.5, 0.6) is 5.88 Å². The van der Waals surface area contributed by atoms with Crippen LogP contribution in [-0.2, 0) is 16.0 Å². The smallest absolute Gasteiger partial charge is 0.213 e. The number of pyridine rings is 1. The highest BCUT2D eigenvalue weighted by Gasteiger charge is 2.13. The second kappa shape index (κ2) is 14.0. The summed E-state index contributed by atoms with van der Waals surface area (Å²) >= 11 is 0. The van der Waals surface area contributed by atoms with E-state index >= 15 is 0 Å². The zero-order valence-electron chi connectivity index (χ0n) is 15.7. The van der Waals surface area contributed by atoms with E-state index < -0.39 is 0 Å². The Morgan fingerprint density at radius 1 is 1.31 bits per heavy atom. The Balaban J connectivity index is 0.00000338. The molecule has 0 aromatic carbocycles. The lowest BCUT2D eigenvalue weighted by molar-refractivity contribution is 0.0203. The Morgan fingerprint density at radius 2 is 2.12 bits per heavy atom. The number of methoxy groups -OCH3 is 1. The highest BCUT2D eigenvalue weighted by molar-refractivity contribution is 14.0. The molecule has 0 aliphatic carbocycles. The molecule has 1 aromatic rings. The molecule has 0 bridgehead atoms. The van der Waals surface area contributed by atoms with Crippen molar-refractivity contribution in [2.45, 2.75) is 25.8 Å². The van der Waals surface area contributed by atoms with Gasteiger partial charge in [-0.3, -0.25) is 4.99 Å². The fraction of sp³-hybridized carbons (Fsp3) is 0.667. The summed E-state index contributed by atoms with van der Waals surface area (Å²) < 4.78 is 16.2. The zero-order valence-corrected chi connectivity index (χ0v) is 18.0. The molecule has 2 heterocycles. The van der Waals surface area contributed by atoms with Gasteiger partial charge >= 0.3 is 0 Å². The van der Waals surface area contributed by atoms with Crippen molar-refractivity contribution in [2.24, 2.45) is 10.9 Å². The molecular weight excluding hydrogens is 447 g/mol. The molecule has 1 fully saturated rings. The lowest BCUT2D eigenvalue weighted by atomic mass is 10.0. The number of aromatic nitrogens is 1. The Labute approximate surface area is 173 Å². The minimum absolute atomic E-state index is 0. The van der Waals surface area contributed by atoms with Gasteiger partial charge in [-0.05, 0) is 31.2 Å². The van der Waals surface area contributed by atoms with Crippen molar-refractivity contribution in [2.75, 3.05) is 47.1 Å². The number of nitrogens with one attached hydrogen (secondary N) is 2. The Kier molecular flexibility index (Phi) is 12.3. The fourth-order valence-electron chi connectivity index (χ4n) is 2.61. The van der Waals surface area contributed by atoms with Crippen LogP contribution in [0.25, 0.3) is 0 Å². The first-order chi connectivity index (χ1) is 12.3. The molecule has 0 unspecified atom stereocenters. The van der Waals surface area contributed by atoms with Gasteiger partial charge in [-0.1, -0.05) is 6.07 Å². The van der Waals surface area contributed by atoms with Crippen LogP contribution >= 0.6 is 24.0 Å². The molecule has 0 atom stereocenters. The van der Waals surface area contributed by atoms with Gasteiger partial charge in [0.15, 0.2) is 5.96 Å². The summed E-state index contributed by atoms with van der Waals surface area (Å²) in [7, 11) is 3.38. The minimum Gasteiger partial charge on any atom is -0.481 e. The number of rotatable bonds is 9. The first-order valence-corrected chi connectivity index (χ1v) is 8.91. The van der Waals surface area contributed by atoms with Gasteiger partial charge in [-0.25, -0.2) is 4.98 Å². The number of hydrogen-bond donors (Lipinski definition) is 2. The fourth-order valence-corrected chi connectivity index (χ4v) is 2.61. The van der Waals surface area contributed by atoms with Crippen molar-refractivity contribution in [3.63, 3.8) is 0 Å². The molecule has 1 aromatic heterocycles. The monoisotopic (exact) mass is 478 g/mol. The first-order valence-electron chi connectivity index (χ1n) is 8.91. The number of aliphatic imine (C=N–C) groups is 1. The van der Waals surface area contributed by atoms with Crippen LogP contribution in [0.15, 0.2) is 23.2 Å². The van der Waals surface area contributed by atoms with Crippen LogP contribution in [0.2, 0.25) is 0 Å². The van der Waals surface area contributed by atoms with E-state index in [2.05, 4.69) is 20.6 Å². The van der Waals surface area contributed by atoms with E-state index in [-0.39, 0.29) is 24.0 Å². The molecule has 1 aliphatic rings. The molecule has 2 rings (SSSR count). The van der Waals surface area contributed by atoms with Crippen LogP contribution in [-0.4, -0.2) is 58.1 Å². The first kappa shape index (κ1) is 22.9. The van der Waals surface area contributed by atoms with Crippen molar-refractivity contribution in [1.82, 2.24) is 15.6 Å². The van der Waals surface area contributed by atoms with Crippen molar-refractivity contribution in [3.8, 4) is 5.88 Å². The molecule has 2 N–H and O–H groups in total. The largest absolute Gasteiger partial charge is 0.481 e. The lowest BCUT2D eigenvalue weighted by Crippen LogP contribution is -2.37. The van der Waals surface area contributed by atoms with Crippen LogP contribution in [0, 0.1) is 5.92 Å². The van der Waals surface area contributed by atoms with Gasteiger partial charge in [0.1, 0.15) is 0 Å². The second-order valence-corrected chi connectivity index (χ2v) is 6.01. The second-order valence-electron chi connectivity index (χ2n) is 6.01. The van der Waals surface area contributed by atoms with Crippen LogP contribution in [0.3, 0.4) is 0 Å². The topological polar surface area (TPSA) is 77.0 Å². The third kappa shape index (κ3) is 9.00. The third-order valence-electron chi connectivity index (χ3n) is 4.10. The molecule has 0 saturated carbocycles. The molecular formula is C18H31IN4O3. The van der Waals surface area contributed by atoms with Gasteiger partial charge in [0.2, 0.25) is 5.88 Å². The maximum absolute atomic E-state index is 5.76. The van der Waals surface area contributed by atoms with Crippen LogP contribution in [0.1, 0.15) is 25.0 Å². The van der Waals surface area contributed by atoms with Crippen LogP contribution < -0.4 is 15.4 Å². The average Bonchev–Trinajstić information content (AvgIpc) is 2.67. The normalized spacial score (nSPS) is 15.2. The third-order valence-corrected chi connectivity index (χ3v) is 4.10. The van der Waals surface area contributed by atoms with Gasteiger partial charge in [-0.2, -0.15) is 0 Å². The summed E-state index contributed by atoms with van der Waals surface area (Å²) in [5.74, 6) is 2.03. The van der Waals surface area contributed by atoms with Crippen molar-refractivity contribution >= 4 is 29.9 Å². The summed E-state index contributed by atoms with van der Waals surface area (Å²) in [6.45, 7) is 4.77.